The molecule has 0 radical (unpaired) electrons. The molecule has 2 amide bonds. The molecule has 98 valence electrons. The Morgan fingerprint density at radius 1 is 1.53 bits per heavy atom. The minimum absolute atomic E-state index is 0.138. The van der Waals surface area contributed by atoms with Crippen LogP contribution in [0, 0.1) is 0 Å². The van der Waals surface area contributed by atoms with E-state index in [9.17, 15) is 9.59 Å². The number of rotatable bonds is 7. The largest absolute Gasteiger partial charge is 0.481 e. The van der Waals surface area contributed by atoms with E-state index in [4.69, 9.17) is 9.84 Å². The van der Waals surface area contributed by atoms with Crippen molar-refractivity contribution in [1.29, 1.82) is 0 Å². The number of carbonyl (C=O) groups is 2. The van der Waals surface area contributed by atoms with Crippen LogP contribution < -0.4 is 5.32 Å². The number of likely N-dealkylation sites (N-methyl/N-ethyl adjacent to an activating group) is 1. The van der Waals surface area contributed by atoms with Crippen LogP contribution in [0.1, 0.15) is 13.3 Å². The SMILES string of the molecule is C=C(C)CN(C)C(=O)NCC(CC(=O)O)OC. The Kier molecular flexibility index (Phi) is 6.97. The van der Waals surface area contributed by atoms with E-state index in [0.29, 0.717) is 6.54 Å². The summed E-state index contributed by atoms with van der Waals surface area (Å²) in [7, 11) is 3.06. The van der Waals surface area contributed by atoms with Crippen molar-refractivity contribution in [2.75, 3.05) is 27.2 Å². The van der Waals surface area contributed by atoms with Gasteiger partial charge in [0.1, 0.15) is 0 Å². The summed E-state index contributed by atoms with van der Waals surface area (Å²) in [5.41, 5.74) is 0.872. The van der Waals surface area contributed by atoms with Gasteiger partial charge in [-0.15, -0.1) is 0 Å². The van der Waals surface area contributed by atoms with Crippen molar-refractivity contribution in [2.24, 2.45) is 0 Å². The molecular formula is C11H20N2O4. The van der Waals surface area contributed by atoms with Crippen molar-refractivity contribution >= 4 is 12.0 Å². The molecule has 0 rings (SSSR count). The lowest BCUT2D eigenvalue weighted by molar-refractivity contribution is -0.139. The van der Waals surface area contributed by atoms with Crippen LogP contribution in [-0.2, 0) is 9.53 Å². The van der Waals surface area contributed by atoms with E-state index < -0.39 is 12.1 Å². The summed E-state index contributed by atoms with van der Waals surface area (Å²) in [5, 5.41) is 11.2. The third-order valence-corrected chi connectivity index (χ3v) is 2.07. The van der Waals surface area contributed by atoms with E-state index in [1.807, 2.05) is 6.92 Å². The fourth-order valence-corrected chi connectivity index (χ4v) is 1.25. The minimum atomic E-state index is -0.957. The molecule has 0 saturated carbocycles. The summed E-state index contributed by atoms with van der Waals surface area (Å²) in [5.74, 6) is -0.957. The Morgan fingerprint density at radius 3 is 2.53 bits per heavy atom. The lowest BCUT2D eigenvalue weighted by atomic mass is 10.2. The quantitative estimate of drug-likeness (QED) is 0.646. The molecule has 0 bridgehead atoms. The maximum absolute atomic E-state index is 11.6. The zero-order chi connectivity index (χ0) is 13.4. The fourth-order valence-electron chi connectivity index (χ4n) is 1.25. The van der Waals surface area contributed by atoms with Crippen LogP contribution in [0.4, 0.5) is 4.79 Å². The van der Waals surface area contributed by atoms with Crippen LogP contribution in [0.3, 0.4) is 0 Å². The molecule has 0 aromatic carbocycles. The minimum Gasteiger partial charge on any atom is -0.481 e. The zero-order valence-electron chi connectivity index (χ0n) is 10.5. The number of nitrogens with one attached hydrogen (secondary N) is 1. The molecular weight excluding hydrogens is 224 g/mol. The Hall–Kier alpha value is -1.56. The molecule has 0 heterocycles. The Morgan fingerprint density at radius 2 is 2.12 bits per heavy atom. The monoisotopic (exact) mass is 244 g/mol. The first-order valence-corrected chi connectivity index (χ1v) is 5.24. The van der Waals surface area contributed by atoms with Crippen molar-refractivity contribution < 1.29 is 19.4 Å². The van der Waals surface area contributed by atoms with Crippen molar-refractivity contribution in [3.8, 4) is 0 Å². The number of carboxylic acid groups (broad SMARTS) is 1. The van der Waals surface area contributed by atoms with Gasteiger partial charge >= 0.3 is 12.0 Å². The topological polar surface area (TPSA) is 78.9 Å². The Bertz CT molecular complexity index is 291. The highest BCUT2D eigenvalue weighted by molar-refractivity contribution is 5.74. The van der Waals surface area contributed by atoms with Crippen LogP contribution in [0.25, 0.3) is 0 Å². The number of nitrogens with zero attached hydrogens (tertiary/aromatic N) is 1. The molecule has 0 spiro atoms. The van der Waals surface area contributed by atoms with Crippen molar-refractivity contribution in [3.63, 3.8) is 0 Å². The first-order valence-electron chi connectivity index (χ1n) is 5.24. The van der Waals surface area contributed by atoms with Gasteiger partial charge in [-0.05, 0) is 6.92 Å². The van der Waals surface area contributed by atoms with E-state index in [-0.39, 0.29) is 19.0 Å². The second-order valence-electron chi connectivity index (χ2n) is 3.95. The number of hydrogen-bond acceptors (Lipinski definition) is 3. The number of hydrogen-bond donors (Lipinski definition) is 2. The maximum atomic E-state index is 11.6. The molecule has 6 nitrogen and oxygen atoms in total. The molecule has 6 heteroatoms. The third kappa shape index (κ3) is 7.35. The highest BCUT2D eigenvalue weighted by atomic mass is 16.5. The second-order valence-corrected chi connectivity index (χ2v) is 3.95. The molecule has 0 aliphatic rings. The van der Waals surface area contributed by atoms with Gasteiger partial charge in [-0.2, -0.15) is 0 Å². The van der Waals surface area contributed by atoms with Crippen molar-refractivity contribution in [1.82, 2.24) is 10.2 Å². The maximum Gasteiger partial charge on any atom is 0.317 e. The summed E-state index contributed by atoms with van der Waals surface area (Å²) in [6.45, 7) is 6.16. The van der Waals surface area contributed by atoms with E-state index in [1.165, 1.54) is 12.0 Å². The fraction of sp³-hybridized carbons (Fsp3) is 0.636. The van der Waals surface area contributed by atoms with Crippen LogP contribution in [0.5, 0.6) is 0 Å². The first-order chi connectivity index (χ1) is 7.86. The smallest absolute Gasteiger partial charge is 0.317 e. The lowest BCUT2D eigenvalue weighted by Crippen LogP contribution is -2.42. The van der Waals surface area contributed by atoms with Gasteiger partial charge in [0, 0.05) is 27.2 Å². The highest BCUT2D eigenvalue weighted by Crippen LogP contribution is 1.97. The van der Waals surface area contributed by atoms with Gasteiger partial charge in [0.25, 0.3) is 0 Å². The van der Waals surface area contributed by atoms with Crippen LogP contribution in [0.15, 0.2) is 12.2 Å². The normalized spacial score (nSPS) is 11.7. The summed E-state index contributed by atoms with van der Waals surface area (Å²) >= 11 is 0. The number of urea groups is 1. The van der Waals surface area contributed by atoms with Gasteiger partial charge in [0.2, 0.25) is 0 Å². The van der Waals surface area contributed by atoms with Gasteiger partial charge in [0.15, 0.2) is 0 Å². The molecule has 17 heavy (non-hydrogen) atoms. The molecule has 1 atom stereocenters. The average Bonchev–Trinajstić information content (AvgIpc) is 2.22. The van der Waals surface area contributed by atoms with Gasteiger partial charge < -0.3 is 20.1 Å². The summed E-state index contributed by atoms with van der Waals surface area (Å²) < 4.78 is 4.94. The standard InChI is InChI=1S/C11H20N2O4/c1-8(2)7-13(3)11(16)12-6-9(17-4)5-10(14)15/h9H,1,5-7H2,2-4H3,(H,12,16)(H,14,15). The van der Waals surface area contributed by atoms with Gasteiger partial charge in [-0.25, -0.2) is 4.79 Å². The number of carbonyl (C=O) groups excluding carboxylic acids is 1. The average molecular weight is 244 g/mol. The Labute approximate surface area is 101 Å². The number of aliphatic carboxylic acids is 1. The molecule has 0 fully saturated rings. The number of methoxy groups -OCH3 is 1. The summed E-state index contributed by atoms with van der Waals surface area (Å²) in [4.78, 5) is 23.5. The third-order valence-electron chi connectivity index (χ3n) is 2.07. The van der Waals surface area contributed by atoms with Gasteiger partial charge in [-0.3, -0.25) is 4.79 Å². The predicted octanol–water partition coefficient (Wildman–Crippen LogP) is 0.694. The lowest BCUT2D eigenvalue weighted by Gasteiger charge is -2.20. The van der Waals surface area contributed by atoms with Gasteiger partial charge in [-0.1, -0.05) is 12.2 Å². The van der Waals surface area contributed by atoms with E-state index in [0.717, 1.165) is 5.57 Å². The second kappa shape index (κ2) is 7.67. The summed E-state index contributed by atoms with van der Waals surface area (Å²) in [6.07, 6.45) is -0.657. The molecule has 1 unspecified atom stereocenters. The van der Waals surface area contributed by atoms with Crippen molar-refractivity contribution in [3.05, 3.63) is 12.2 Å². The first kappa shape index (κ1) is 15.4. The predicted molar refractivity (Wildman–Crippen MR) is 63.9 cm³/mol. The molecule has 0 aliphatic carbocycles. The summed E-state index contributed by atoms with van der Waals surface area (Å²) in [6, 6.07) is -0.277. The zero-order valence-corrected chi connectivity index (χ0v) is 10.5. The van der Waals surface area contributed by atoms with Crippen molar-refractivity contribution in [2.45, 2.75) is 19.4 Å². The molecule has 2 N–H and O–H groups in total. The van der Waals surface area contributed by atoms with E-state index in [2.05, 4.69) is 11.9 Å². The number of ether oxygens (including phenoxy) is 1. The number of amides is 2. The van der Waals surface area contributed by atoms with Crippen LogP contribution >= 0.6 is 0 Å². The van der Waals surface area contributed by atoms with Gasteiger partial charge in [0.05, 0.1) is 12.5 Å². The van der Waals surface area contributed by atoms with Crippen LogP contribution in [-0.4, -0.2) is 55.4 Å². The Balaban J connectivity index is 4.03. The molecule has 0 saturated heterocycles. The van der Waals surface area contributed by atoms with Crippen LogP contribution in [0.2, 0.25) is 0 Å². The molecule has 0 aromatic heterocycles. The number of carboxylic acids is 1. The molecule has 0 aliphatic heterocycles. The molecule has 0 aromatic rings. The van der Waals surface area contributed by atoms with E-state index in [1.54, 1.807) is 7.05 Å². The van der Waals surface area contributed by atoms with E-state index >= 15 is 0 Å². The highest BCUT2D eigenvalue weighted by Gasteiger charge is 2.15.